The Kier molecular flexibility index (Phi) is 4.10. The molecule has 3 rings (SSSR count). The van der Waals surface area contributed by atoms with Crippen molar-refractivity contribution in [1.29, 1.82) is 0 Å². The highest BCUT2D eigenvalue weighted by molar-refractivity contribution is 5.43. The van der Waals surface area contributed by atoms with Crippen molar-refractivity contribution in [3.63, 3.8) is 0 Å². The molecule has 0 radical (unpaired) electrons. The van der Waals surface area contributed by atoms with E-state index in [-0.39, 0.29) is 6.04 Å². The third-order valence-electron chi connectivity index (χ3n) is 4.13. The van der Waals surface area contributed by atoms with Crippen LogP contribution in [0.5, 0.6) is 11.5 Å². The zero-order valence-electron chi connectivity index (χ0n) is 11.9. The predicted molar refractivity (Wildman–Crippen MR) is 76.2 cm³/mol. The number of hydrogen-bond acceptors (Lipinski definition) is 5. The normalized spacial score (nSPS) is 26.7. The summed E-state index contributed by atoms with van der Waals surface area (Å²) in [6, 6.07) is 5.84. The van der Waals surface area contributed by atoms with Gasteiger partial charge < -0.3 is 19.9 Å². The summed E-state index contributed by atoms with van der Waals surface area (Å²) in [5, 5.41) is 0. The van der Waals surface area contributed by atoms with Crippen LogP contribution < -0.4 is 15.2 Å². The van der Waals surface area contributed by atoms with Gasteiger partial charge in [0.05, 0.1) is 26.9 Å². The van der Waals surface area contributed by atoms with Gasteiger partial charge in [-0.15, -0.1) is 0 Å². The molecule has 2 atom stereocenters. The Hall–Kier alpha value is -1.30. The molecule has 0 aliphatic carbocycles. The van der Waals surface area contributed by atoms with Gasteiger partial charge in [-0.3, -0.25) is 4.90 Å². The van der Waals surface area contributed by atoms with Crippen LogP contribution in [0.3, 0.4) is 0 Å². The van der Waals surface area contributed by atoms with Gasteiger partial charge in [-0.1, -0.05) is 0 Å². The summed E-state index contributed by atoms with van der Waals surface area (Å²) in [4.78, 5) is 2.41. The number of fused-ring (bicyclic) bond motifs is 1. The van der Waals surface area contributed by atoms with E-state index in [2.05, 4.69) is 4.90 Å². The van der Waals surface area contributed by atoms with Gasteiger partial charge >= 0.3 is 0 Å². The number of rotatable bonds is 3. The van der Waals surface area contributed by atoms with Crippen molar-refractivity contribution in [2.24, 2.45) is 11.7 Å². The lowest BCUT2D eigenvalue weighted by atomic mass is 9.90. The first kappa shape index (κ1) is 13.7. The second kappa shape index (κ2) is 5.99. The van der Waals surface area contributed by atoms with Crippen LogP contribution in [-0.2, 0) is 4.74 Å². The maximum absolute atomic E-state index is 6.44. The minimum absolute atomic E-state index is 0.00306. The summed E-state index contributed by atoms with van der Waals surface area (Å²) >= 11 is 0. The van der Waals surface area contributed by atoms with E-state index in [4.69, 9.17) is 19.9 Å². The molecule has 110 valence electrons. The number of nitrogens with zero attached hydrogens (tertiary/aromatic N) is 1. The molecule has 0 bridgehead atoms. The second-order valence-electron chi connectivity index (χ2n) is 5.41. The molecular weight excluding hydrogens is 256 g/mol. The van der Waals surface area contributed by atoms with E-state index in [1.54, 1.807) is 7.11 Å². The first-order valence-electron chi connectivity index (χ1n) is 7.14. The quantitative estimate of drug-likeness (QED) is 0.895. The highest BCUT2D eigenvalue weighted by atomic mass is 16.5. The van der Waals surface area contributed by atoms with Crippen LogP contribution in [0, 0.1) is 5.92 Å². The van der Waals surface area contributed by atoms with Crippen LogP contribution in [0.2, 0.25) is 0 Å². The molecule has 2 unspecified atom stereocenters. The second-order valence-corrected chi connectivity index (χ2v) is 5.41. The van der Waals surface area contributed by atoms with Crippen molar-refractivity contribution in [3.05, 3.63) is 23.8 Å². The Labute approximate surface area is 119 Å². The van der Waals surface area contributed by atoms with Gasteiger partial charge in [0.25, 0.3) is 0 Å². The largest absolute Gasteiger partial charge is 0.497 e. The molecule has 1 saturated heterocycles. The van der Waals surface area contributed by atoms with E-state index >= 15 is 0 Å². The standard InChI is InChI=1S/C15H22N2O3/c1-18-12-2-3-14-13(8-12)15(16)11(10-20-14)9-17-4-6-19-7-5-17/h2-3,8,11,15H,4-7,9-10,16H2,1H3. The van der Waals surface area contributed by atoms with Gasteiger partial charge in [-0.2, -0.15) is 0 Å². The molecule has 2 aliphatic rings. The number of nitrogens with two attached hydrogens (primary N) is 1. The van der Waals surface area contributed by atoms with Crippen LogP contribution in [-0.4, -0.2) is 51.5 Å². The number of methoxy groups -OCH3 is 1. The number of ether oxygens (including phenoxy) is 3. The van der Waals surface area contributed by atoms with Crippen molar-refractivity contribution in [1.82, 2.24) is 4.90 Å². The third kappa shape index (κ3) is 2.75. The molecule has 0 amide bonds. The Bertz CT molecular complexity index is 460. The summed E-state index contributed by atoms with van der Waals surface area (Å²) in [5.41, 5.74) is 7.49. The van der Waals surface area contributed by atoms with Crippen molar-refractivity contribution < 1.29 is 14.2 Å². The maximum atomic E-state index is 6.44. The van der Waals surface area contributed by atoms with Crippen molar-refractivity contribution in [2.45, 2.75) is 6.04 Å². The highest BCUT2D eigenvalue weighted by Crippen LogP contribution is 2.36. The summed E-state index contributed by atoms with van der Waals surface area (Å²) in [5.74, 6) is 2.03. The highest BCUT2D eigenvalue weighted by Gasteiger charge is 2.30. The minimum atomic E-state index is -0.00306. The molecule has 2 N–H and O–H groups in total. The molecular formula is C15H22N2O3. The average Bonchev–Trinajstić information content (AvgIpc) is 2.51. The number of morpholine rings is 1. The molecule has 1 aromatic rings. The van der Waals surface area contributed by atoms with E-state index in [0.29, 0.717) is 12.5 Å². The monoisotopic (exact) mass is 278 g/mol. The Morgan fingerprint density at radius 3 is 2.90 bits per heavy atom. The lowest BCUT2D eigenvalue weighted by molar-refractivity contribution is 0.0218. The lowest BCUT2D eigenvalue weighted by Gasteiger charge is -2.36. The Morgan fingerprint density at radius 1 is 1.35 bits per heavy atom. The molecule has 20 heavy (non-hydrogen) atoms. The van der Waals surface area contributed by atoms with Gasteiger partial charge in [0.15, 0.2) is 0 Å². The van der Waals surface area contributed by atoms with E-state index in [1.807, 2.05) is 18.2 Å². The summed E-state index contributed by atoms with van der Waals surface area (Å²) in [6.07, 6.45) is 0. The minimum Gasteiger partial charge on any atom is -0.497 e. The van der Waals surface area contributed by atoms with E-state index < -0.39 is 0 Å². The molecule has 0 aromatic heterocycles. The third-order valence-corrected chi connectivity index (χ3v) is 4.13. The number of hydrogen-bond donors (Lipinski definition) is 1. The molecule has 0 spiro atoms. The Morgan fingerprint density at radius 2 is 2.15 bits per heavy atom. The maximum Gasteiger partial charge on any atom is 0.124 e. The van der Waals surface area contributed by atoms with E-state index in [0.717, 1.165) is 49.9 Å². The SMILES string of the molecule is COc1ccc2c(c1)C(N)C(CN1CCOCC1)CO2. The fourth-order valence-corrected chi connectivity index (χ4v) is 2.88. The van der Waals surface area contributed by atoms with Crippen molar-refractivity contribution in [3.8, 4) is 11.5 Å². The molecule has 1 aromatic carbocycles. The summed E-state index contributed by atoms with van der Waals surface area (Å²) in [7, 11) is 1.67. The molecule has 0 saturated carbocycles. The molecule has 1 fully saturated rings. The first-order chi connectivity index (χ1) is 9.78. The van der Waals surface area contributed by atoms with Crippen LogP contribution in [0.15, 0.2) is 18.2 Å². The van der Waals surface area contributed by atoms with Crippen LogP contribution >= 0.6 is 0 Å². The average molecular weight is 278 g/mol. The lowest BCUT2D eigenvalue weighted by Crippen LogP contribution is -2.44. The van der Waals surface area contributed by atoms with Crippen LogP contribution in [0.4, 0.5) is 0 Å². The number of benzene rings is 1. The van der Waals surface area contributed by atoms with Crippen LogP contribution in [0.1, 0.15) is 11.6 Å². The summed E-state index contributed by atoms with van der Waals surface area (Å²) in [6.45, 7) is 5.22. The van der Waals surface area contributed by atoms with Gasteiger partial charge in [0, 0.05) is 37.2 Å². The molecule has 2 aliphatic heterocycles. The fraction of sp³-hybridized carbons (Fsp3) is 0.600. The van der Waals surface area contributed by atoms with Crippen molar-refractivity contribution in [2.75, 3.05) is 46.6 Å². The molecule has 5 heteroatoms. The van der Waals surface area contributed by atoms with Gasteiger partial charge in [-0.25, -0.2) is 0 Å². The zero-order valence-corrected chi connectivity index (χ0v) is 11.9. The fourth-order valence-electron chi connectivity index (χ4n) is 2.88. The topological polar surface area (TPSA) is 57.0 Å². The summed E-state index contributed by atoms with van der Waals surface area (Å²) < 4.78 is 16.5. The first-order valence-corrected chi connectivity index (χ1v) is 7.14. The van der Waals surface area contributed by atoms with Crippen LogP contribution in [0.25, 0.3) is 0 Å². The smallest absolute Gasteiger partial charge is 0.124 e. The molecule has 2 heterocycles. The van der Waals surface area contributed by atoms with Crippen molar-refractivity contribution >= 4 is 0 Å². The Balaban J connectivity index is 1.72. The van der Waals surface area contributed by atoms with Gasteiger partial charge in [0.2, 0.25) is 0 Å². The van der Waals surface area contributed by atoms with E-state index in [1.165, 1.54) is 0 Å². The molecule has 5 nitrogen and oxygen atoms in total. The van der Waals surface area contributed by atoms with E-state index in [9.17, 15) is 0 Å². The zero-order chi connectivity index (χ0) is 13.9. The van der Waals surface area contributed by atoms with Gasteiger partial charge in [-0.05, 0) is 18.2 Å². The van der Waals surface area contributed by atoms with Gasteiger partial charge in [0.1, 0.15) is 11.5 Å². The predicted octanol–water partition coefficient (Wildman–Crippen LogP) is 1.04.